The first kappa shape index (κ1) is 21.6. The molecule has 32 heavy (non-hydrogen) atoms. The zero-order chi connectivity index (χ0) is 22.5. The van der Waals surface area contributed by atoms with Crippen LogP contribution in [0, 0.1) is 13.8 Å². The van der Waals surface area contributed by atoms with Gasteiger partial charge in [-0.15, -0.1) is 0 Å². The third-order valence-corrected chi connectivity index (χ3v) is 5.42. The van der Waals surface area contributed by atoms with Crippen molar-refractivity contribution < 1.29 is 9.53 Å². The van der Waals surface area contributed by atoms with Gasteiger partial charge in [0.1, 0.15) is 11.6 Å². The largest absolute Gasteiger partial charge is 0.494 e. The van der Waals surface area contributed by atoms with Crippen LogP contribution in [0.2, 0.25) is 0 Å². The minimum atomic E-state index is -0.0897. The molecule has 4 rings (SSSR count). The van der Waals surface area contributed by atoms with Gasteiger partial charge in [-0.05, 0) is 51.1 Å². The van der Waals surface area contributed by atoms with Crippen molar-refractivity contribution in [3.8, 4) is 17.1 Å². The molecule has 0 saturated carbocycles. The number of rotatable bonds is 5. The van der Waals surface area contributed by atoms with Crippen molar-refractivity contribution in [2.75, 3.05) is 43.0 Å². The summed E-state index contributed by atoms with van der Waals surface area (Å²) in [5.74, 6) is 2.43. The van der Waals surface area contributed by atoms with Gasteiger partial charge in [0.05, 0.1) is 6.61 Å². The Morgan fingerprint density at radius 2 is 1.75 bits per heavy atom. The second-order valence-corrected chi connectivity index (χ2v) is 7.92. The number of urea groups is 1. The number of amides is 2. The number of nitrogens with zero attached hydrogens (tertiary/aromatic N) is 4. The van der Waals surface area contributed by atoms with Gasteiger partial charge in [-0.1, -0.05) is 23.8 Å². The average molecular weight is 432 g/mol. The molecular weight excluding hydrogens is 402 g/mol. The van der Waals surface area contributed by atoms with Crippen LogP contribution < -0.4 is 15.0 Å². The lowest BCUT2D eigenvalue weighted by Crippen LogP contribution is -2.50. The van der Waals surface area contributed by atoms with E-state index in [0.29, 0.717) is 19.7 Å². The number of piperazine rings is 1. The Labute approximate surface area is 189 Å². The molecule has 1 aliphatic rings. The molecule has 1 N–H and O–H groups in total. The lowest BCUT2D eigenvalue weighted by Gasteiger charge is -2.35. The summed E-state index contributed by atoms with van der Waals surface area (Å²) >= 11 is 0. The van der Waals surface area contributed by atoms with E-state index in [-0.39, 0.29) is 6.03 Å². The topological polar surface area (TPSA) is 70.6 Å². The molecule has 1 fully saturated rings. The Hall–Kier alpha value is -3.61. The maximum Gasteiger partial charge on any atom is 0.321 e. The van der Waals surface area contributed by atoms with E-state index in [1.54, 1.807) is 0 Å². The molecule has 1 aliphatic heterocycles. The number of hydrogen-bond acceptors (Lipinski definition) is 5. The summed E-state index contributed by atoms with van der Waals surface area (Å²) < 4.78 is 5.45. The molecule has 166 valence electrons. The van der Waals surface area contributed by atoms with Crippen LogP contribution in [-0.2, 0) is 0 Å². The molecule has 0 aliphatic carbocycles. The van der Waals surface area contributed by atoms with Crippen LogP contribution in [0.4, 0.5) is 16.3 Å². The molecule has 7 heteroatoms. The van der Waals surface area contributed by atoms with Gasteiger partial charge in [0, 0.05) is 49.2 Å². The van der Waals surface area contributed by atoms with Gasteiger partial charge >= 0.3 is 6.03 Å². The third kappa shape index (κ3) is 5.17. The highest BCUT2D eigenvalue weighted by atomic mass is 16.5. The van der Waals surface area contributed by atoms with Crippen LogP contribution >= 0.6 is 0 Å². The summed E-state index contributed by atoms with van der Waals surface area (Å²) in [7, 11) is 0. The normalized spacial score (nSPS) is 13.7. The first-order valence-electron chi connectivity index (χ1n) is 11.0. The van der Waals surface area contributed by atoms with Crippen molar-refractivity contribution in [3.05, 3.63) is 65.9 Å². The van der Waals surface area contributed by atoms with Crippen LogP contribution in [0.5, 0.6) is 5.75 Å². The molecule has 0 spiro atoms. The Kier molecular flexibility index (Phi) is 6.54. The summed E-state index contributed by atoms with van der Waals surface area (Å²) in [4.78, 5) is 26.2. The fourth-order valence-electron chi connectivity index (χ4n) is 3.77. The van der Waals surface area contributed by atoms with Crippen LogP contribution in [0.25, 0.3) is 11.4 Å². The Morgan fingerprint density at radius 1 is 1.00 bits per heavy atom. The van der Waals surface area contributed by atoms with E-state index in [2.05, 4.69) is 34.3 Å². The first-order chi connectivity index (χ1) is 15.5. The summed E-state index contributed by atoms with van der Waals surface area (Å²) in [6.45, 7) is 9.33. The van der Waals surface area contributed by atoms with Gasteiger partial charge in [-0.3, -0.25) is 0 Å². The first-order valence-corrected chi connectivity index (χ1v) is 11.0. The maximum atomic E-state index is 12.7. The van der Waals surface area contributed by atoms with Crippen LogP contribution in [0.15, 0.2) is 54.6 Å². The predicted octanol–water partition coefficient (Wildman–Crippen LogP) is 4.51. The SMILES string of the molecule is CCOc1ccc(NC(=O)N2CCN(c3cc(C)nc(-c4cccc(C)c4)n3)CC2)cc1. The molecule has 2 aromatic carbocycles. The second kappa shape index (κ2) is 9.68. The standard InChI is InChI=1S/C25H29N5O2/c1-4-32-22-10-8-21(9-11-22)27-25(31)30-14-12-29(13-15-30)23-17-19(3)26-24(28-23)20-7-5-6-18(2)16-20/h5-11,16-17H,4,12-15H2,1-3H3,(H,27,31). The molecule has 0 unspecified atom stereocenters. The molecule has 1 saturated heterocycles. The van der Waals surface area contributed by atoms with E-state index in [9.17, 15) is 4.79 Å². The summed E-state index contributed by atoms with van der Waals surface area (Å²) in [5, 5.41) is 2.97. The Balaban J connectivity index is 1.38. The van der Waals surface area contributed by atoms with Crippen LogP contribution in [0.3, 0.4) is 0 Å². The fraction of sp³-hybridized carbons (Fsp3) is 0.320. The smallest absolute Gasteiger partial charge is 0.321 e. The number of benzene rings is 2. The average Bonchev–Trinajstić information content (AvgIpc) is 2.80. The summed E-state index contributed by atoms with van der Waals surface area (Å²) in [5.41, 5.74) is 3.89. The van der Waals surface area contributed by atoms with Crippen molar-refractivity contribution in [3.63, 3.8) is 0 Å². The third-order valence-electron chi connectivity index (χ3n) is 5.42. The van der Waals surface area contributed by atoms with Gasteiger partial charge in [0.2, 0.25) is 0 Å². The minimum Gasteiger partial charge on any atom is -0.494 e. The number of carbonyl (C=O) groups is 1. The monoisotopic (exact) mass is 431 g/mol. The van der Waals surface area contributed by atoms with Crippen molar-refractivity contribution >= 4 is 17.5 Å². The molecule has 7 nitrogen and oxygen atoms in total. The molecular formula is C25H29N5O2. The number of hydrogen-bond donors (Lipinski definition) is 1. The van der Waals surface area contributed by atoms with E-state index in [0.717, 1.165) is 47.4 Å². The van der Waals surface area contributed by atoms with Gasteiger partial charge < -0.3 is 19.9 Å². The highest BCUT2D eigenvalue weighted by Gasteiger charge is 2.23. The van der Waals surface area contributed by atoms with E-state index < -0.39 is 0 Å². The number of ether oxygens (including phenoxy) is 1. The minimum absolute atomic E-state index is 0.0897. The lowest BCUT2D eigenvalue weighted by molar-refractivity contribution is 0.208. The Morgan fingerprint density at radius 3 is 2.44 bits per heavy atom. The predicted molar refractivity (Wildman–Crippen MR) is 127 cm³/mol. The van der Waals surface area contributed by atoms with Gasteiger partial charge in [-0.25, -0.2) is 14.8 Å². The van der Waals surface area contributed by atoms with E-state index in [4.69, 9.17) is 9.72 Å². The number of nitrogens with one attached hydrogen (secondary N) is 1. The maximum absolute atomic E-state index is 12.7. The van der Waals surface area contributed by atoms with E-state index >= 15 is 0 Å². The van der Waals surface area contributed by atoms with Crippen molar-refractivity contribution in [1.82, 2.24) is 14.9 Å². The van der Waals surface area contributed by atoms with Gasteiger partial charge in [0.15, 0.2) is 5.82 Å². The number of aromatic nitrogens is 2. The Bertz CT molecular complexity index is 1080. The van der Waals surface area contributed by atoms with Crippen LogP contribution in [-0.4, -0.2) is 53.7 Å². The number of anilines is 2. The summed E-state index contributed by atoms with van der Waals surface area (Å²) in [6, 6.07) is 17.6. The molecule has 0 bridgehead atoms. The molecule has 0 radical (unpaired) electrons. The summed E-state index contributed by atoms with van der Waals surface area (Å²) in [6.07, 6.45) is 0. The quantitative estimate of drug-likeness (QED) is 0.643. The van der Waals surface area contributed by atoms with E-state index in [1.807, 2.05) is 61.2 Å². The van der Waals surface area contributed by atoms with Crippen molar-refractivity contribution in [1.29, 1.82) is 0 Å². The fourth-order valence-corrected chi connectivity index (χ4v) is 3.77. The second-order valence-electron chi connectivity index (χ2n) is 7.92. The molecule has 2 amide bonds. The van der Waals surface area contributed by atoms with Gasteiger partial charge in [0.25, 0.3) is 0 Å². The zero-order valence-electron chi connectivity index (χ0n) is 18.8. The van der Waals surface area contributed by atoms with E-state index in [1.165, 1.54) is 5.56 Å². The zero-order valence-corrected chi connectivity index (χ0v) is 18.8. The highest BCUT2D eigenvalue weighted by Crippen LogP contribution is 2.22. The highest BCUT2D eigenvalue weighted by molar-refractivity contribution is 5.89. The number of carbonyl (C=O) groups excluding carboxylic acids is 1. The molecule has 2 heterocycles. The molecule has 1 aromatic heterocycles. The molecule has 0 atom stereocenters. The lowest BCUT2D eigenvalue weighted by atomic mass is 10.1. The van der Waals surface area contributed by atoms with Crippen molar-refractivity contribution in [2.24, 2.45) is 0 Å². The van der Waals surface area contributed by atoms with Crippen molar-refractivity contribution in [2.45, 2.75) is 20.8 Å². The van der Waals surface area contributed by atoms with Gasteiger partial charge in [-0.2, -0.15) is 0 Å². The van der Waals surface area contributed by atoms with Crippen LogP contribution in [0.1, 0.15) is 18.2 Å². The molecule has 3 aromatic rings. The number of aryl methyl sites for hydroxylation is 2.